The Hall–Kier alpha value is -4.07. The molecule has 0 aliphatic rings. The molecule has 1 N–H and O–H groups in total. The molecule has 0 unspecified atom stereocenters. The minimum atomic E-state index is -4.74. The van der Waals surface area contributed by atoms with Crippen LogP contribution in [-0.2, 0) is 13.0 Å². The van der Waals surface area contributed by atoms with Crippen molar-refractivity contribution in [3.63, 3.8) is 0 Å². The van der Waals surface area contributed by atoms with Gasteiger partial charge in [-0.05, 0) is 53.4 Å². The van der Waals surface area contributed by atoms with Gasteiger partial charge >= 0.3 is 6.36 Å². The molecule has 0 atom stereocenters. The molecule has 0 radical (unpaired) electrons. The van der Waals surface area contributed by atoms with Gasteiger partial charge in [0.1, 0.15) is 5.75 Å². The Kier molecular flexibility index (Phi) is 5.12. The van der Waals surface area contributed by atoms with E-state index in [9.17, 15) is 18.0 Å². The summed E-state index contributed by atoms with van der Waals surface area (Å²) in [5, 5.41) is 1.57. The molecule has 3 aromatic carbocycles. The van der Waals surface area contributed by atoms with Gasteiger partial charge in [0.05, 0.1) is 17.2 Å². The molecule has 0 saturated carbocycles. The van der Waals surface area contributed by atoms with E-state index in [2.05, 4.69) is 14.7 Å². The maximum atomic E-state index is 13.1. The van der Waals surface area contributed by atoms with Crippen LogP contribution in [-0.4, -0.2) is 20.9 Å². The van der Waals surface area contributed by atoms with Crippen LogP contribution < -0.4 is 10.3 Å². The van der Waals surface area contributed by atoms with Crippen LogP contribution in [0, 0.1) is 0 Å². The first kappa shape index (κ1) is 20.8. The summed E-state index contributed by atoms with van der Waals surface area (Å²) < 4.78 is 42.6. The number of benzene rings is 3. The number of fused-ring (bicyclic) bond motifs is 2. The van der Waals surface area contributed by atoms with E-state index in [1.165, 1.54) is 24.3 Å². The number of para-hydroxylation sites is 1. The van der Waals surface area contributed by atoms with Crippen LogP contribution in [0.2, 0.25) is 0 Å². The van der Waals surface area contributed by atoms with Crippen LogP contribution >= 0.6 is 0 Å². The fourth-order valence-electron chi connectivity index (χ4n) is 3.93. The van der Waals surface area contributed by atoms with Crippen LogP contribution in [0.3, 0.4) is 0 Å². The van der Waals surface area contributed by atoms with E-state index >= 15 is 0 Å². The fraction of sp³-hybridized carbons (Fsp3) is 0.120. The molecule has 5 aromatic rings. The van der Waals surface area contributed by atoms with Crippen molar-refractivity contribution in [2.75, 3.05) is 0 Å². The van der Waals surface area contributed by atoms with Crippen LogP contribution in [0.4, 0.5) is 13.2 Å². The largest absolute Gasteiger partial charge is 0.573 e. The zero-order chi connectivity index (χ0) is 23.0. The molecule has 8 heteroatoms. The van der Waals surface area contributed by atoms with Crippen molar-refractivity contribution < 1.29 is 17.9 Å². The monoisotopic (exact) mass is 449 g/mol. The Balaban J connectivity index is 1.42. The van der Waals surface area contributed by atoms with E-state index in [0.29, 0.717) is 35.0 Å². The Morgan fingerprint density at radius 3 is 2.48 bits per heavy atom. The molecule has 166 valence electrons. The molecule has 0 amide bonds. The van der Waals surface area contributed by atoms with E-state index in [4.69, 9.17) is 0 Å². The van der Waals surface area contributed by atoms with Gasteiger partial charge < -0.3 is 9.72 Å². The van der Waals surface area contributed by atoms with Crippen LogP contribution in [0.5, 0.6) is 5.75 Å². The number of alkyl halides is 3. The Bertz CT molecular complexity index is 1500. The first-order chi connectivity index (χ1) is 15.9. The summed E-state index contributed by atoms with van der Waals surface area (Å²) in [7, 11) is 0. The highest BCUT2D eigenvalue weighted by atomic mass is 19.4. The number of nitrogens with zero attached hydrogens (tertiary/aromatic N) is 2. The molecule has 0 saturated heterocycles. The number of nitrogens with one attached hydrogen (secondary N) is 1. The summed E-state index contributed by atoms with van der Waals surface area (Å²) in [6.07, 6.45) is -0.581. The normalized spacial score (nSPS) is 11.8. The number of halogens is 3. The highest BCUT2D eigenvalue weighted by Gasteiger charge is 2.30. The van der Waals surface area contributed by atoms with Crippen molar-refractivity contribution in [3.8, 4) is 16.9 Å². The first-order valence-corrected chi connectivity index (χ1v) is 10.3. The number of rotatable bonds is 5. The quantitative estimate of drug-likeness (QED) is 0.375. The summed E-state index contributed by atoms with van der Waals surface area (Å²) in [6, 6.07) is 18.8. The second-order valence-corrected chi connectivity index (χ2v) is 7.66. The Labute approximate surface area is 186 Å². The summed E-state index contributed by atoms with van der Waals surface area (Å²) >= 11 is 0. The van der Waals surface area contributed by atoms with Crippen LogP contribution in [0.25, 0.3) is 32.9 Å². The highest BCUT2D eigenvalue weighted by Crippen LogP contribution is 2.27. The van der Waals surface area contributed by atoms with Crippen LogP contribution in [0.15, 0.2) is 84.0 Å². The van der Waals surface area contributed by atoms with Gasteiger partial charge in [-0.1, -0.05) is 36.4 Å². The Morgan fingerprint density at radius 1 is 0.939 bits per heavy atom. The van der Waals surface area contributed by atoms with Crippen molar-refractivity contribution in [2.45, 2.75) is 19.3 Å². The van der Waals surface area contributed by atoms with Crippen molar-refractivity contribution in [2.24, 2.45) is 0 Å². The molecular weight excluding hydrogens is 431 g/mol. The molecule has 33 heavy (non-hydrogen) atoms. The number of hydrogen-bond donors (Lipinski definition) is 1. The summed E-state index contributed by atoms with van der Waals surface area (Å²) in [4.78, 5) is 20.8. The van der Waals surface area contributed by atoms with Gasteiger partial charge in [-0.3, -0.25) is 9.36 Å². The third kappa shape index (κ3) is 4.32. The van der Waals surface area contributed by atoms with Gasteiger partial charge in [0, 0.05) is 23.6 Å². The van der Waals surface area contributed by atoms with Crippen LogP contribution in [0.1, 0.15) is 5.56 Å². The molecule has 0 bridgehead atoms. The third-order valence-corrected chi connectivity index (χ3v) is 5.54. The lowest BCUT2D eigenvalue weighted by atomic mass is 10.0. The molecule has 0 spiro atoms. The van der Waals surface area contributed by atoms with Gasteiger partial charge in [0.15, 0.2) is 0 Å². The standard InChI is InChI=1S/C25H18F3N3O2/c26-25(27,28)33-19-8-5-16(6-9-19)17-7-10-23-21(13-17)24(32)31(15-30-23)12-11-18-14-29-22-4-2-1-3-20(18)22/h1-10,13-15,29H,11-12H2. The topological polar surface area (TPSA) is 59.9 Å². The van der Waals surface area contributed by atoms with Crippen molar-refractivity contribution in [3.05, 3.63) is 95.2 Å². The lowest BCUT2D eigenvalue weighted by Gasteiger charge is -2.10. The number of aryl methyl sites for hydroxylation is 2. The minimum Gasteiger partial charge on any atom is -0.406 e. The molecule has 2 aromatic heterocycles. The van der Waals surface area contributed by atoms with Gasteiger partial charge in [-0.15, -0.1) is 13.2 Å². The second kappa shape index (κ2) is 8.12. The predicted octanol–water partition coefficient (Wildman–Crippen LogP) is 5.69. The number of H-pyrrole nitrogens is 1. The first-order valence-electron chi connectivity index (χ1n) is 10.3. The number of ether oxygens (including phenoxy) is 1. The molecule has 0 fully saturated rings. The lowest BCUT2D eigenvalue weighted by Crippen LogP contribution is -2.21. The van der Waals surface area contributed by atoms with Crippen molar-refractivity contribution in [1.29, 1.82) is 0 Å². The van der Waals surface area contributed by atoms with E-state index < -0.39 is 6.36 Å². The number of aromatic nitrogens is 3. The second-order valence-electron chi connectivity index (χ2n) is 7.66. The third-order valence-electron chi connectivity index (χ3n) is 5.54. The maximum Gasteiger partial charge on any atom is 0.573 e. The van der Waals surface area contributed by atoms with Crippen molar-refractivity contribution in [1.82, 2.24) is 14.5 Å². The lowest BCUT2D eigenvalue weighted by molar-refractivity contribution is -0.274. The zero-order valence-corrected chi connectivity index (χ0v) is 17.3. The van der Waals surface area contributed by atoms with E-state index in [1.807, 2.05) is 30.5 Å². The zero-order valence-electron chi connectivity index (χ0n) is 17.3. The number of aromatic amines is 1. The molecule has 2 heterocycles. The predicted molar refractivity (Wildman–Crippen MR) is 120 cm³/mol. The molecule has 5 rings (SSSR count). The van der Waals surface area contributed by atoms with E-state index in [-0.39, 0.29) is 11.3 Å². The molecular formula is C25H18F3N3O2. The van der Waals surface area contributed by atoms with Crippen molar-refractivity contribution >= 4 is 21.8 Å². The summed E-state index contributed by atoms with van der Waals surface area (Å²) in [6.45, 7) is 0.470. The molecule has 0 aliphatic carbocycles. The minimum absolute atomic E-state index is 0.168. The van der Waals surface area contributed by atoms with Gasteiger partial charge in [-0.2, -0.15) is 0 Å². The van der Waals surface area contributed by atoms with E-state index in [1.54, 1.807) is 29.1 Å². The maximum absolute atomic E-state index is 13.1. The summed E-state index contributed by atoms with van der Waals surface area (Å²) in [5.74, 6) is -0.298. The van der Waals surface area contributed by atoms with Gasteiger partial charge in [-0.25, -0.2) is 4.98 Å². The fourth-order valence-corrected chi connectivity index (χ4v) is 3.93. The molecule has 5 nitrogen and oxygen atoms in total. The molecule has 0 aliphatic heterocycles. The summed E-state index contributed by atoms with van der Waals surface area (Å²) in [5.41, 5.74) is 3.93. The highest BCUT2D eigenvalue weighted by molar-refractivity contribution is 5.84. The van der Waals surface area contributed by atoms with Gasteiger partial charge in [0.2, 0.25) is 0 Å². The van der Waals surface area contributed by atoms with E-state index in [0.717, 1.165) is 16.5 Å². The average Bonchev–Trinajstić information content (AvgIpc) is 3.21. The van der Waals surface area contributed by atoms with Gasteiger partial charge in [0.25, 0.3) is 5.56 Å². The Morgan fingerprint density at radius 2 is 1.70 bits per heavy atom. The SMILES string of the molecule is O=c1c2cc(-c3ccc(OC(F)(F)F)cc3)ccc2ncn1CCc1c[nH]c2ccccc12. The smallest absolute Gasteiger partial charge is 0.406 e. The number of hydrogen-bond acceptors (Lipinski definition) is 3. The average molecular weight is 449 g/mol.